The van der Waals surface area contributed by atoms with Gasteiger partial charge in [-0.1, -0.05) is 26.8 Å². The lowest BCUT2D eigenvalue weighted by molar-refractivity contribution is 0.0148. The van der Waals surface area contributed by atoms with Gasteiger partial charge in [-0.2, -0.15) is 0 Å². The molecule has 1 aliphatic rings. The smallest absolute Gasteiger partial charge is 0.0639 e. The molecule has 0 bridgehead atoms. The molecule has 12 heavy (non-hydrogen) atoms. The van der Waals surface area contributed by atoms with Crippen LogP contribution >= 0.6 is 0 Å². The lowest BCUT2D eigenvalue weighted by Gasteiger charge is -2.15. The predicted octanol–water partition coefficient (Wildman–Crippen LogP) is 3.01. The van der Waals surface area contributed by atoms with Crippen molar-refractivity contribution >= 4 is 0 Å². The Morgan fingerprint density at radius 3 is 2.67 bits per heavy atom. The molecule has 1 aliphatic heterocycles. The monoisotopic (exact) mass is 168 g/mol. The average Bonchev–Trinajstić information content (AvgIpc) is 2.34. The second kappa shape index (κ2) is 4.08. The lowest BCUT2D eigenvalue weighted by atomic mass is 9.96. The second-order valence-electron chi connectivity index (χ2n) is 4.19. The molecule has 0 radical (unpaired) electrons. The van der Waals surface area contributed by atoms with Gasteiger partial charge in [0.05, 0.1) is 12.2 Å². The van der Waals surface area contributed by atoms with Crippen molar-refractivity contribution < 1.29 is 4.74 Å². The molecule has 3 atom stereocenters. The molecule has 0 unspecified atom stereocenters. The van der Waals surface area contributed by atoms with Crippen molar-refractivity contribution in [1.29, 1.82) is 0 Å². The first-order chi connectivity index (χ1) is 5.65. The van der Waals surface area contributed by atoms with Gasteiger partial charge in [0, 0.05) is 0 Å². The van der Waals surface area contributed by atoms with Gasteiger partial charge < -0.3 is 4.74 Å². The number of rotatable bonds is 3. The molecule has 1 heterocycles. The Bertz CT molecular complexity index is 151. The van der Waals surface area contributed by atoms with E-state index < -0.39 is 0 Å². The van der Waals surface area contributed by atoms with Gasteiger partial charge in [0.25, 0.3) is 0 Å². The van der Waals surface area contributed by atoms with Crippen LogP contribution in [0.1, 0.15) is 33.6 Å². The largest absolute Gasteiger partial charge is 0.374 e. The third kappa shape index (κ3) is 2.10. The van der Waals surface area contributed by atoms with Crippen molar-refractivity contribution in [2.24, 2.45) is 11.8 Å². The van der Waals surface area contributed by atoms with Crippen LogP contribution in [0.3, 0.4) is 0 Å². The van der Waals surface area contributed by atoms with Gasteiger partial charge in [0.2, 0.25) is 0 Å². The Hall–Kier alpha value is -0.300. The van der Waals surface area contributed by atoms with Gasteiger partial charge in [-0.15, -0.1) is 6.58 Å². The Morgan fingerprint density at radius 2 is 2.25 bits per heavy atom. The number of hydrogen-bond donors (Lipinski definition) is 0. The SMILES string of the molecule is C=CC[C@H]1O[C@@H](C(C)C)C[C@@H]1C. The summed E-state index contributed by atoms with van der Waals surface area (Å²) >= 11 is 0. The fourth-order valence-electron chi connectivity index (χ4n) is 1.81. The predicted molar refractivity (Wildman–Crippen MR) is 52.1 cm³/mol. The minimum atomic E-state index is 0.426. The van der Waals surface area contributed by atoms with Crippen LogP contribution in [0.25, 0.3) is 0 Å². The molecule has 0 spiro atoms. The van der Waals surface area contributed by atoms with Crippen molar-refractivity contribution in [3.8, 4) is 0 Å². The molecular weight excluding hydrogens is 148 g/mol. The molecule has 0 N–H and O–H groups in total. The van der Waals surface area contributed by atoms with Crippen molar-refractivity contribution in [2.45, 2.75) is 45.8 Å². The van der Waals surface area contributed by atoms with Crippen LogP contribution in [0.4, 0.5) is 0 Å². The molecule has 0 aromatic carbocycles. The highest BCUT2D eigenvalue weighted by Gasteiger charge is 2.32. The maximum atomic E-state index is 5.90. The molecule has 1 fully saturated rings. The highest BCUT2D eigenvalue weighted by atomic mass is 16.5. The van der Waals surface area contributed by atoms with Crippen molar-refractivity contribution in [3.05, 3.63) is 12.7 Å². The van der Waals surface area contributed by atoms with Crippen LogP contribution in [0, 0.1) is 11.8 Å². The van der Waals surface area contributed by atoms with Crippen molar-refractivity contribution in [2.75, 3.05) is 0 Å². The van der Waals surface area contributed by atoms with Crippen molar-refractivity contribution in [1.82, 2.24) is 0 Å². The molecule has 0 aromatic heterocycles. The van der Waals surface area contributed by atoms with Crippen LogP contribution < -0.4 is 0 Å². The topological polar surface area (TPSA) is 9.23 Å². The third-order valence-electron chi connectivity index (χ3n) is 2.73. The molecule has 1 heteroatoms. The van der Waals surface area contributed by atoms with E-state index >= 15 is 0 Å². The molecule has 0 aliphatic carbocycles. The summed E-state index contributed by atoms with van der Waals surface area (Å²) in [6.07, 6.45) is 5.09. The van der Waals surface area contributed by atoms with E-state index in [1.165, 1.54) is 6.42 Å². The van der Waals surface area contributed by atoms with Crippen LogP contribution in [0.5, 0.6) is 0 Å². The Balaban J connectivity index is 2.44. The maximum absolute atomic E-state index is 5.90. The quantitative estimate of drug-likeness (QED) is 0.589. The zero-order valence-corrected chi connectivity index (χ0v) is 8.42. The Kier molecular flexibility index (Phi) is 3.33. The number of ether oxygens (including phenoxy) is 1. The summed E-state index contributed by atoms with van der Waals surface area (Å²) in [7, 11) is 0. The molecule has 70 valence electrons. The molecule has 1 nitrogen and oxygen atoms in total. The van der Waals surface area contributed by atoms with Crippen LogP contribution in [0.15, 0.2) is 12.7 Å². The van der Waals surface area contributed by atoms with E-state index in [0.717, 1.165) is 6.42 Å². The van der Waals surface area contributed by atoms with E-state index in [-0.39, 0.29) is 0 Å². The average molecular weight is 168 g/mol. The zero-order valence-electron chi connectivity index (χ0n) is 8.42. The Morgan fingerprint density at radius 1 is 1.58 bits per heavy atom. The van der Waals surface area contributed by atoms with E-state index in [0.29, 0.717) is 24.0 Å². The highest BCUT2D eigenvalue weighted by Crippen LogP contribution is 2.31. The molecule has 1 saturated heterocycles. The summed E-state index contributed by atoms with van der Waals surface area (Å²) in [6, 6.07) is 0. The summed E-state index contributed by atoms with van der Waals surface area (Å²) in [5.74, 6) is 1.36. The van der Waals surface area contributed by atoms with Crippen molar-refractivity contribution in [3.63, 3.8) is 0 Å². The van der Waals surface area contributed by atoms with Gasteiger partial charge >= 0.3 is 0 Å². The van der Waals surface area contributed by atoms with Gasteiger partial charge in [0.15, 0.2) is 0 Å². The van der Waals surface area contributed by atoms with Crippen LogP contribution in [0.2, 0.25) is 0 Å². The fourth-order valence-corrected chi connectivity index (χ4v) is 1.81. The van der Waals surface area contributed by atoms with E-state index in [1.54, 1.807) is 0 Å². The summed E-state index contributed by atoms with van der Waals surface area (Å²) < 4.78 is 5.90. The third-order valence-corrected chi connectivity index (χ3v) is 2.73. The minimum absolute atomic E-state index is 0.426. The fraction of sp³-hybridized carbons (Fsp3) is 0.818. The summed E-state index contributed by atoms with van der Waals surface area (Å²) in [6.45, 7) is 10.5. The summed E-state index contributed by atoms with van der Waals surface area (Å²) in [5.41, 5.74) is 0. The lowest BCUT2D eigenvalue weighted by Crippen LogP contribution is -2.16. The van der Waals surface area contributed by atoms with Crippen LogP contribution in [-0.4, -0.2) is 12.2 Å². The van der Waals surface area contributed by atoms with E-state index in [2.05, 4.69) is 27.4 Å². The van der Waals surface area contributed by atoms with Gasteiger partial charge in [-0.05, 0) is 24.7 Å². The van der Waals surface area contributed by atoms with E-state index in [4.69, 9.17) is 4.74 Å². The second-order valence-corrected chi connectivity index (χ2v) is 4.19. The first-order valence-corrected chi connectivity index (χ1v) is 4.91. The molecule has 0 saturated carbocycles. The van der Waals surface area contributed by atoms with Gasteiger partial charge in [0.1, 0.15) is 0 Å². The first kappa shape index (κ1) is 9.79. The van der Waals surface area contributed by atoms with Gasteiger partial charge in [-0.3, -0.25) is 0 Å². The minimum Gasteiger partial charge on any atom is -0.374 e. The highest BCUT2D eigenvalue weighted by molar-refractivity contribution is 4.85. The van der Waals surface area contributed by atoms with E-state index in [9.17, 15) is 0 Å². The standard InChI is InChI=1S/C11H20O/c1-5-6-10-9(4)7-11(12-10)8(2)3/h5,8-11H,1,6-7H2,2-4H3/t9-,10+,11+/m0/s1. The summed E-state index contributed by atoms with van der Waals surface area (Å²) in [5, 5.41) is 0. The maximum Gasteiger partial charge on any atom is 0.0639 e. The zero-order chi connectivity index (χ0) is 9.14. The first-order valence-electron chi connectivity index (χ1n) is 4.91. The summed E-state index contributed by atoms with van der Waals surface area (Å²) in [4.78, 5) is 0. The van der Waals surface area contributed by atoms with Crippen LogP contribution in [-0.2, 0) is 4.74 Å². The molecule has 0 aromatic rings. The number of hydrogen-bond acceptors (Lipinski definition) is 1. The Labute approximate surface area is 75.8 Å². The normalized spacial score (nSPS) is 35.8. The van der Waals surface area contributed by atoms with Gasteiger partial charge in [-0.25, -0.2) is 0 Å². The van der Waals surface area contributed by atoms with E-state index in [1.807, 2.05) is 6.08 Å². The molecule has 1 rings (SSSR count). The molecular formula is C11H20O. The molecule has 0 amide bonds.